The molecule has 2 amide bonds. The van der Waals surface area contributed by atoms with E-state index >= 15 is 0 Å². The number of nitrogens with zero attached hydrogens (tertiary/aromatic N) is 2. The number of benzene rings is 1. The van der Waals surface area contributed by atoms with Gasteiger partial charge in [0.05, 0.1) is 25.4 Å². The molecule has 0 saturated carbocycles. The summed E-state index contributed by atoms with van der Waals surface area (Å²) in [4.78, 5) is 16.5. The number of halogens is 1. The molecule has 0 aliphatic carbocycles. The molecule has 2 atom stereocenters. The van der Waals surface area contributed by atoms with Crippen molar-refractivity contribution in [2.75, 3.05) is 44.8 Å². The lowest BCUT2D eigenvalue weighted by molar-refractivity contribution is 0.0842. The van der Waals surface area contributed by atoms with Gasteiger partial charge >= 0.3 is 6.03 Å². The van der Waals surface area contributed by atoms with Gasteiger partial charge in [0.25, 0.3) is 0 Å². The van der Waals surface area contributed by atoms with Crippen LogP contribution in [0.4, 0.5) is 10.5 Å². The second-order valence-corrected chi connectivity index (χ2v) is 7.35. The number of hydrogen-bond donors (Lipinski definition) is 1. The zero-order valence-corrected chi connectivity index (χ0v) is 16.4. The Bertz CT molecular complexity index is 700. The van der Waals surface area contributed by atoms with Crippen LogP contribution in [0.25, 0.3) is 0 Å². The molecule has 3 rings (SSSR count). The van der Waals surface area contributed by atoms with Crippen molar-refractivity contribution in [1.29, 1.82) is 0 Å². The molecule has 2 heterocycles. The SMILES string of the molecule is C#CCN(C[C@H]1CCCO1)C(=O)N[C@H]1CCN(c2cc(Cl)ccc2OC)C1. The van der Waals surface area contributed by atoms with Crippen LogP contribution in [0.2, 0.25) is 5.02 Å². The molecule has 0 bridgehead atoms. The third-order valence-corrected chi connectivity index (χ3v) is 5.25. The number of rotatable bonds is 6. The highest BCUT2D eigenvalue weighted by Crippen LogP contribution is 2.33. The number of hydrogen-bond acceptors (Lipinski definition) is 4. The normalized spacial score (nSPS) is 21.7. The molecule has 0 radical (unpaired) electrons. The van der Waals surface area contributed by atoms with Gasteiger partial charge < -0.3 is 24.6 Å². The molecule has 0 aromatic heterocycles. The molecule has 2 saturated heterocycles. The third kappa shape index (κ3) is 5.00. The molecule has 2 aliphatic rings. The predicted molar refractivity (Wildman–Crippen MR) is 107 cm³/mol. The summed E-state index contributed by atoms with van der Waals surface area (Å²) in [5.41, 5.74) is 0.946. The first kappa shape index (κ1) is 19.7. The van der Waals surface area contributed by atoms with Gasteiger partial charge in [0.2, 0.25) is 0 Å². The van der Waals surface area contributed by atoms with Gasteiger partial charge in [-0.3, -0.25) is 0 Å². The van der Waals surface area contributed by atoms with Crippen molar-refractivity contribution < 1.29 is 14.3 Å². The Morgan fingerprint density at radius 3 is 3.07 bits per heavy atom. The van der Waals surface area contributed by atoms with E-state index in [0.29, 0.717) is 18.1 Å². The van der Waals surface area contributed by atoms with Gasteiger partial charge in [0.15, 0.2) is 0 Å². The van der Waals surface area contributed by atoms with E-state index in [0.717, 1.165) is 43.9 Å². The van der Waals surface area contributed by atoms with Crippen LogP contribution in [0.5, 0.6) is 5.75 Å². The minimum absolute atomic E-state index is 0.0472. The maximum absolute atomic E-state index is 12.7. The summed E-state index contributed by atoms with van der Waals surface area (Å²) < 4.78 is 11.1. The highest BCUT2D eigenvalue weighted by atomic mass is 35.5. The van der Waals surface area contributed by atoms with E-state index in [4.69, 9.17) is 27.5 Å². The number of ether oxygens (including phenoxy) is 2. The monoisotopic (exact) mass is 391 g/mol. The summed E-state index contributed by atoms with van der Waals surface area (Å²) in [6, 6.07) is 5.48. The van der Waals surface area contributed by atoms with E-state index < -0.39 is 0 Å². The van der Waals surface area contributed by atoms with E-state index in [-0.39, 0.29) is 24.7 Å². The number of terminal acetylenes is 1. The van der Waals surface area contributed by atoms with Crippen molar-refractivity contribution in [3.63, 3.8) is 0 Å². The summed E-state index contributed by atoms with van der Waals surface area (Å²) in [6.45, 7) is 3.10. The molecular weight excluding hydrogens is 366 g/mol. The fourth-order valence-corrected chi connectivity index (χ4v) is 3.80. The molecule has 2 aliphatic heterocycles. The van der Waals surface area contributed by atoms with Gasteiger partial charge in [-0.2, -0.15) is 0 Å². The number of anilines is 1. The van der Waals surface area contributed by atoms with Crippen molar-refractivity contribution in [3.8, 4) is 18.1 Å². The van der Waals surface area contributed by atoms with Crippen LogP contribution in [-0.2, 0) is 4.74 Å². The number of nitrogens with one attached hydrogen (secondary N) is 1. The van der Waals surface area contributed by atoms with Crippen LogP contribution in [0.3, 0.4) is 0 Å². The van der Waals surface area contributed by atoms with E-state index in [1.54, 1.807) is 12.0 Å². The van der Waals surface area contributed by atoms with Crippen molar-refractivity contribution >= 4 is 23.3 Å². The minimum Gasteiger partial charge on any atom is -0.495 e. The van der Waals surface area contributed by atoms with Crippen LogP contribution < -0.4 is 15.0 Å². The van der Waals surface area contributed by atoms with Crippen molar-refractivity contribution in [1.82, 2.24) is 10.2 Å². The lowest BCUT2D eigenvalue weighted by atomic mass is 10.2. The Hall–Kier alpha value is -2.10. The molecule has 6 nitrogen and oxygen atoms in total. The van der Waals surface area contributed by atoms with Crippen LogP contribution in [0.1, 0.15) is 19.3 Å². The first-order chi connectivity index (χ1) is 13.1. The molecule has 1 N–H and O–H groups in total. The number of carbonyl (C=O) groups excluding carboxylic acids is 1. The molecule has 7 heteroatoms. The Morgan fingerprint density at radius 1 is 1.52 bits per heavy atom. The van der Waals surface area contributed by atoms with Crippen molar-refractivity contribution in [3.05, 3.63) is 23.2 Å². The van der Waals surface area contributed by atoms with Gasteiger partial charge in [-0.15, -0.1) is 6.42 Å². The summed E-state index contributed by atoms with van der Waals surface area (Å²) >= 11 is 6.14. The average molecular weight is 392 g/mol. The van der Waals surface area contributed by atoms with Crippen LogP contribution >= 0.6 is 11.6 Å². The fraction of sp³-hybridized carbons (Fsp3) is 0.550. The Labute approximate surface area is 165 Å². The molecule has 0 spiro atoms. The van der Waals surface area contributed by atoms with Gasteiger partial charge in [-0.1, -0.05) is 17.5 Å². The third-order valence-electron chi connectivity index (χ3n) is 5.01. The Kier molecular flexibility index (Phi) is 6.70. The molecule has 0 unspecified atom stereocenters. The second-order valence-electron chi connectivity index (χ2n) is 6.92. The van der Waals surface area contributed by atoms with Crippen LogP contribution in [0.15, 0.2) is 18.2 Å². The maximum atomic E-state index is 12.7. The van der Waals surface area contributed by atoms with Crippen molar-refractivity contribution in [2.45, 2.75) is 31.4 Å². The maximum Gasteiger partial charge on any atom is 0.318 e. The molecule has 146 valence electrons. The van der Waals surface area contributed by atoms with E-state index in [1.807, 2.05) is 18.2 Å². The summed E-state index contributed by atoms with van der Waals surface area (Å²) in [5.74, 6) is 3.35. The number of urea groups is 1. The highest BCUT2D eigenvalue weighted by molar-refractivity contribution is 6.30. The fourth-order valence-electron chi connectivity index (χ4n) is 3.64. The lowest BCUT2D eigenvalue weighted by Crippen LogP contribution is -2.48. The van der Waals surface area contributed by atoms with E-state index in [2.05, 4.69) is 16.1 Å². The van der Waals surface area contributed by atoms with E-state index in [9.17, 15) is 4.79 Å². The molecule has 27 heavy (non-hydrogen) atoms. The quantitative estimate of drug-likeness (QED) is 0.757. The average Bonchev–Trinajstić information content (AvgIpc) is 3.33. The summed E-state index contributed by atoms with van der Waals surface area (Å²) in [6.07, 6.45) is 8.39. The smallest absolute Gasteiger partial charge is 0.318 e. The zero-order valence-electron chi connectivity index (χ0n) is 15.6. The first-order valence-electron chi connectivity index (χ1n) is 9.29. The number of methoxy groups -OCH3 is 1. The highest BCUT2D eigenvalue weighted by Gasteiger charge is 2.28. The minimum atomic E-state index is -0.131. The van der Waals surface area contributed by atoms with Gasteiger partial charge in [0.1, 0.15) is 5.75 Å². The predicted octanol–water partition coefficient (Wildman–Crippen LogP) is 2.75. The molecule has 1 aromatic carbocycles. The van der Waals surface area contributed by atoms with Crippen LogP contribution in [0, 0.1) is 12.3 Å². The first-order valence-corrected chi connectivity index (χ1v) is 9.67. The lowest BCUT2D eigenvalue weighted by Gasteiger charge is -2.26. The molecule has 2 fully saturated rings. The van der Waals surface area contributed by atoms with Gasteiger partial charge in [0, 0.05) is 37.3 Å². The van der Waals surface area contributed by atoms with Gasteiger partial charge in [-0.25, -0.2) is 4.79 Å². The topological polar surface area (TPSA) is 54.0 Å². The largest absolute Gasteiger partial charge is 0.495 e. The summed E-state index contributed by atoms with van der Waals surface area (Å²) in [7, 11) is 1.64. The molecule has 1 aromatic rings. The second kappa shape index (κ2) is 9.20. The Balaban J connectivity index is 1.59. The molecular formula is C20H26ClN3O3. The van der Waals surface area contributed by atoms with Gasteiger partial charge in [-0.05, 0) is 37.5 Å². The Morgan fingerprint density at radius 2 is 2.37 bits per heavy atom. The zero-order chi connectivity index (χ0) is 19.2. The van der Waals surface area contributed by atoms with E-state index in [1.165, 1.54) is 0 Å². The van der Waals surface area contributed by atoms with Crippen molar-refractivity contribution in [2.24, 2.45) is 0 Å². The number of amides is 2. The van der Waals surface area contributed by atoms with Crippen LogP contribution in [-0.4, -0.2) is 63.0 Å². The standard InChI is InChI=1S/C20H26ClN3O3/c1-3-9-24(14-17-5-4-11-27-17)20(25)22-16-8-10-23(13-16)18-12-15(21)6-7-19(18)26-2/h1,6-7,12,16-17H,4-5,8-11,13-14H2,2H3,(H,22,25)/t16-,17+/m0/s1. The summed E-state index contributed by atoms with van der Waals surface area (Å²) in [5, 5.41) is 3.77. The number of carbonyl (C=O) groups is 1.